The molecule has 0 unspecified atom stereocenters. The van der Waals surface area contributed by atoms with Crippen molar-refractivity contribution in [2.45, 2.75) is 26.4 Å². The zero-order chi connectivity index (χ0) is 15.5. The fourth-order valence-electron chi connectivity index (χ4n) is 1.49. The van der Waals surface area contributed by atoms with E-state index in [9.17, 15) is 4.79 Å². The van der Waals surface area contributed by atoms with Crippen LogP contribution < -0.4 is 4.74 Å². The summed E-state index contributed by atoms with van der Waals surface area (Å²) in [6.45, 7) is 6.27. The fourth-order valence-corrected chi connectivity index (χ4v) is 2.07. The van der Waals surface area contributed by atoms with Crippen molar-refractivity contribution in [2.75, 3.05) is 20.2 Å². The number of likely N-dealkylation sites (N-methyl/N-ethyl adjacent to an activating group) is 1. The van der Waals surface area contributed by atoms with E-state index in [1.165, 1.54) is 16.2 Å². The normalized spacial score (nSPS) is 11.4. The summed E-state index contributed by atoms with van der Waals surface area (Å²) in [4.78, 5) is 22.4. The van der Waals surface area contributed by atoms with Crippen LogP contribution in [0.3, 0.4) is 0 Å². The van der Waals surface area contributed by atoms with Crippen LogP contribution in [0.25, 0.3) is 10.3 Å². The standard InChI is InChI=1S/C14H18N3O3S/c1-14(2,3)20-13(18)17(4)7-8-19-11-6-5-10-12(16-11)21-9-15-10/h5-6H,7-8H2,1-4H3. The van der Waals surface area contributed by atoms with Crippen LogP contribution in [0.5, 0.6) is 5.88 Å². The van der Waals surface area contributed by atoms with Gasteiger partial charge in [-0.2, -0.15) is 0 Å². The third-order valence-corrected chi connectivity index (χ3v) is 3.18. The summed E-state index contributed by atoms with van der Waals surface area (Å²) < 4.78 is 10.8. The maximum atomic E-state index is 11.8. The highest BCUT2D eigenvalue weighted by Crippen LogP contribution is 2.18. The zero-order valence-electron chi connectivity index (χ0n) is 12.5. The summed E-state index contributed by atoms with van der Waals surface area (Å²) in [5.41, 5.74) is 3.09. The third-order valence-electron chi connectivity index (χ3n) is 2.50. The highest BCUT2D eigenvalue weighted by molar-refractivity contribution is 7.15. The quantitative estimate of drug-likeness (QED) is 0.869. The van der Waals surface area contributed by atoms with Crippen molar-refractivity contribution >= 4 is 27.8 Å². The smallest absolute Gasteiger partial charge is 0.410 e. The highest BCUT2D eigenvalue weighted by atomic mass is 32.1. The van der Waals surface area contributed by atoms with Gasteiger partial charge in [-0.25, -0.2) is 14.8 Å². The average molecular weight is 308 g/mol. The Morgan fingerprint density at radius 2 is 2.19 bits per heavy atom. The first-order valence-electron chi connectivity index (χ1n) is 6.56. The molecule has 1 amide bonds. The number of thiazole rings is 1. The molecule has 1 radical (unpaired) electrons. The number of rotatable bonds is 4. The molecule has 0 fully saturated rings. The van der Waals surface area contributed by atoms with Crippen LogP contribution >= 0.6 is 11.3 Å². The van der Waals surface area contributed by atoms with Crippen molar-refractivity contribution in [3.8, 4) is 5.88 Å². The van der Waals surface area contributed by atoms with Gasteiger partial charge in [-0.15, -0.1) is 0 Å². The number of amides is 1. The van der Waals surface area contributed by atoms with E-state index >= 15 is 0 Å². The summed E-state index contributed by atoms with van der Waals surface area (Å²) in [7, 11) is 1.67. The molecule has 0 aliphatic heterocycles. The Kier molecular flexibility index (Phi) is 4.62. The van der Waals surface area contributed by atoms with Crippen LogP contribution in [0, 0.1) is 5.51 Å². The van der Waals surface area contributed by atoms with Crippen molar-refractivity contribution in [1.29, 1.82) is 0 Å². The van der Waals surface area contributed by atoms with E-state index in [1.54, 1.807) is 13.1 Å². The molecule has 7 heteroatoms. The van der Waals surface area contributed by atoms with Gasteiger partial charge in [0.1, 0.15) is 22.6 Å². The lowest BCUT2D eigenvalue weighted by atomic mass is 10.2. The minimum atomic E-state index is -0.499. The lowest BCUT2D eigenvalue weighted by molar-refractivity contribution is 0.0277. The second kappa shape index (κ2) is 6.26. The lowest BCUT2D eigenvalue weighted by Gasteiger charge is -2.24. The molecule has 0 saturated heterocycles. The van der Waals surface area contributed by atoms with E-state index in [4.69, 9.17) is 9.47 Å². The summed E-state index contributed by atoms with van der Waals surface area (Å²) in [6.07, 6.45) is -0.369. The maximum Gasteiger partial charge on any atom is 0.410 e. The predicted molar refractivity (Wildman–Crippen MR) is 80.6 cm³/mol. The van der Waals surface area contributed by atoms with Crippen molar-refractivity contribution in [2.24, 2.45) is 0 Å². The van der Waals surface area contributed by atoms with Gasteiger partial charge in [0, 0.05) is 13.1 Å². The summed E-state index contributed by atoms with van der Waals surface area (Å²) in [5.74, 6) is 0.512. The average Bonchev–Trinajstić information content (AvgIpc) is 2.84. The summed E-state index contributed by atoms with van der Waals surface area (Å²) in [5, 5.41) is 0. The monoisotopic (exact) mass is 308 g/mol. The molecule has 0 bridgehead atoms. The first-order chi connectivity index (χ1) is 9.85. The maximum absolute atomic E-state index is 11.8. The number of carbonyl (C=O) groups is 1. The lowest BCUT2D eigenvalue weighted by Crippen LogP contribution is -2.36. The van der Waals surface area contributed by atoms with Crippen LogP contribution in [-0.2, 0) is 4.74 Å². The van der Waals surface area contributed by atoms with E-state index in [2.05, 4.69) is 15.5 Å². The van der Waals surface area contributed by atoms with Crippen molar-refractivity contribution in [3.63, 3.8) is 0 Å². The van der Waals surface area contributed by atoms with Crippen LogP contribution in [-0.4, -0.2) is 46.8 Å². The molecule has 113 valence electrons. The molecule has 2 aromatic rings. The summed E-state index contributed by atoms with van der Waals surface area (Å²) in [6, 6.07) is 3.59. The Hall–Kier alpha value is -1.89. The van der Waals surface area contributed by atoms with Gasteiger partial charge < -0.3 is 14.4 Å². The number of nitrogens with zero attached hydrogens (tertiary/aromatic N) is 3. The van der Waals surface area contributed by atoms with Crippen molar-refractivity contribution in [1.82, 2.24) is 14.9 Å². The Morgan fingerprint density at radius 1 is 1.43 bits per heavy atom. The van der Waals surface area contributed by atoms with E-state index in [0.717, 1.165) is 10.3 Å². The van der Waals surface area contributed by atoms with E-state index in [0.29, 0.717) is 19.0 Å². The van der Waals surface area contributed by atoms with E-state index < -0.39 is 5.60 Å². The van der Waals surface area contributed by atoms with Gasteiger partial charge in [-0.3, -0.25) is 0 Å². The molecule has 0 aliphatic carbocycles. The number of fused-ring (bicyclic) bond motifs is 1. The second-order valence-electron chi connectivity index (χ2n) is 5.53. The predicted octanol–water partition coefficient (Wildman–Crippen LogP) is 2.74. The largest absolute Gasteiger partial charge is 0.476 e. The molecule has 0 saturated carbocycles. The number of hydrogen-bond donors (Lipinski definition) is 0. The molecular formula is C14H18N3O3S. The Morgan fingerprint density at radius 3 is 2.90 bits per heavy atom. The molecule has 2 heterocycles. The van der Waals surface area contributed by atoms with E-state index in [1.807, 2.05) is 26.8 Å². The topological polar surface area (TPSA) is 64.5 Å². The SMILES string of the molecule is CN(CCOc1ccc2n[c]sc2n1)C(=O)OC(C)(C)C. The minimum absolute atomic E-state index is 0.344. The van der Waals surface area contributed by atoms with Gasteiger partial charge in [0.15, 0.2) is 5.51 Å². The second-order valence-corrected chi connectivity index (χ2v) is 6.30. The van der Waals surface area contributed by atoms with Crippen LogP contribution in [0.1, 0.15) is 20.8 Å². The number of ether oxygens (including phenoxy) is 2. The fraction of sp³-hybridized carbons (Fsp3) is 0.500. The molecule has 0 N–H and O–H groups in total. The van der Waals surface area contributed by atoms with Gasteiger partial charge in [-0.05, 0) is 26.8 Å². The van der Waals surface area contributed by atoms with Crippen LogP contribution in [0.15, 0.2) is 12.1 Å². The van der Waals surface area contributed by atoms with Gasteiger partial charge in [0.25, 0.3) is 0 Å². The Labute approximate surface area is 127 Å². The molecule has 0 aliphatic rings. The molecular weight excluding hydrogens is 290 g/mol. The third kappa shape index (κ3) is 4.56. The molecule has 0 atom stereocenters. The Bertz CT molecular complexity index is 621. The van der Waals surface area contributed by atoms with Gasteiger partial charge in [-0.1, -0.05) is 11.3 Å². The molecule has 0 aromatic carbocycles. The Balaban J connectivity index is 1.82. The highest BCUT2D eigenvalue weighted by Gasteiger charge is 2.19. The first-order valence-corrected chi connectivity index (χ1v) is 7.37. The molecule has 2 aromatic heterocycles. The van der Waals surface area contributed by atoms with Gasteiger partial charge in [0.2, 0.25) is 5.88 Å². The number of pyridine rings is 1. The van der Waals surface area contributed by atoms with Crippen molar-refractivity contribution in [3.05, 3.63) is 17.6 Å². The number of carbonyl (C=O) groups excluding carboxylic acids is 1. The number of aromatic nitrogens is 2. The first kappa shape index (κ1) is 15.5. The van der Waals surface area contributed by atoms with Crippen LogP contribution in [0.2, 0.25) is 0 Å². The van der Waals surface area contributed by atoms with E-state index in [-0.39, 0.29) is 6.09 Å². The van der Waals surface area contributed by atoms with Crippen molar-refractivity contribution < 1.29 is 14.3 Å². The molecule has 21 heavy (non-hydrogen) atoms. The van der Waals surface area contributed by atoms with Crippen LogP contribution in [0.4, 0.5) is 4.79 Å². The zero-order valence-corrected chi connectivity index (χ0v) is 13.4. The summed E-state index contributed by atoms with van der Waals surface area (Å²) >= 11 is 1.34. The number of hydrogen-bond acceptors (Lipinski definition) is 6. The minimum Gasteiger partial charge on any atom is -0.476 e. The molecule has 6 nitrogen and oxygen atoms in total. The molecule has 2 rings (SSSR count). The van der Waals surface area contributed by atoms with Gasteiger partial charge >= 0.3 is 6.09 Å². The van der Waals surface area contributed by atoms with Gasteiger partial charge in [0.05, 0.1) is 6.54 Å². The molecule has 0 spiro atoms.